The SMILES string of the molecule is Cc1ccccc1CNC(=O)C(=O)Nc1cccc(C)c1C. The molecule has 2 amide bonds. The van der Waals surface area contributed by atoms with Gasteiger partial charge in [0, 0.05) is 12.2 Å². The summed E-state index contributed by atoms with van der Waals surface area (Å²) < 4.78 is 0. The van der Waals surface area contributed by atoms with Crippen LogP contribution in [0.15, 0.2) is 42.5 Å². The third-order valence-corrected chi connectivity index (χ3v) is 3.76. The Morgan fingerprint density at radius 3 is 2.27 bits per heavy atom. The predicted octanol–water partition coefficient (Wildman–Crippen LogP) is 2.87. The Kier molecular flexibility index (Phi) is 4.94. The number of rotatable bonds is 3. The van der Waals surface area contributed by atoms with E-state index in [1.165, 1.54) is 0 Å². The second-order valence-corrected chi connectivity index (χ2v) is 5.31. The highest BCUT2D eigenvalue weighted by atomic mass is 16.2. The van der Waals surface area contributed by atoms with E-state index in [1.807, 2.05) is 57.2 Å². The van der Waals surface area contributed by atoms with E-state index in [0.717, 1.165) is 22.3 Å². The lowest BCUT2D eigenvalue weighted by molar-refractivity contribution is -0.136. The van der Waals surface area contributed by atoms with Gasteiger partial charge in [-0.1, -0.05) is 36.4 Å². The average Bonchev–Trinajstić information content (AvgIpc) is 2.50. The maximum absolute atomic E-state index is 12.0. The van der Waals surface area contributed by atoms with Crippen LogP contribution in [-0.4, -0.2) is 11.8 Å². The molecule has 0 aliphatic heterocycles. The molecular weight excluding hydrogens is 276 g/mol. The summed E-state index contributed by atoms with van der Waals surface area (Å²) in [6, 6.07) is 13.3. The van der Waals surface area contributed by atoms with Crippen molar-refractivity contribution in [1.82, 2.24) is 5.32 Å². The molecule has 114 valence electrons. The number of hydrogen-bond acceptors (Lipinski definition) is 2. The molecule has 0 atom stereocenters. The first-order valence-electron chi connectivity index (χ1n) is 7.19. The molecule has 0 heterocycles. The summed E-state index contributed by atoms with van der Waals surface area (Å²) >= 11 is 0. The molecule has 4 nitrogen and oxygen atoms in total. The summed E-state index contributed by atoms with van der Waals surface area (Å²) in [6.07, 6.45) is 0. The van der Waals surface area contributed by atoms with Gasteiger partial charge in [0.25, 0.3) is 0 Å². The van der Waals surface area contributed by atoms with Crippen LogP contribution in [0.1, 0.15) is 22.3 Å². The molecule has 0 aliphatic carbocycles. The Labute approximate surface area is 130 Å². The molecule has 0 fully saturated rings. The van der Waals surface area contributed by atoms with Crippen molar-refractivity contribution in [1.29, 1.82) is 0 Å². The first-order valence-corrected chi connectivity index (χ1v) is 7.19. The van der Waals surface area contributed by atoms with Crippen molar-refractivity contribution in [2.24, 2.45) is 0 Å². The predicted molar refractivity (Wildman–Crippen MR) is 87.6 cm³/mol. The van der Waals surface area contributed by atoms with Gasteiger partial charge in [-0.15, -0.1) is 0 Å². The summed E-state index contributed by atoms with van der Waals surface area (Å²) in [6.45, 7) is 6.18. The number of aryl methyl sites for hydroxylation is 2. The normalized spacial score (nSPS) is 10.1. The van der Waals surface area contributed by atoms with E-state index in [-0.39, 0.29) is 0 Å². The molecule has 22 heavy (non-hydrogen) atoms. The summed E-state index contributed by atoms with van der Waals surface area (Å²) in [5, 5.41) is 5.29. The number of anilines is 1. The van der Waals surface area contributed by atoms with Crippen molar-refractivity contribution in [2.45, 2.75) is 27.3 Å². The van der Waals surface area contributed by atoms with Crippen LogP contribution in [0.25, 0.3) is 0 Å². The van der Waals surface area contributed by atoms with Crippen LogP contribution < -0.4 is 10.6 Å². The van der Waals surface area contributed by atoms with Gasteiger partial charge in [0.15, 0.2) is 0 Å². The molecule has 0 spiro atoms. The van der Waals surface area contributed by atoms with E-state index in [0.29, 0.717) is 12.2 Å². The molecule has 0 bridgehead atoms. The van der Waals surface area contributed by atoms with Gasteiger partial charge in [-0.3, -0.25) is 9.59 Å². The second-order valence-electron chi connectivity index (χ2n) is 5.31. The van der Waals surface area contributed by atoms with Crippen LogP contribution in [0.2, 0.25) is 0 Å². The number of nitrogens with one attached hydrogen (secondary N) is 2. The quantitative estimate of drug-likeness (QED) is 0.856. The molecule has 2 N–H and O–H groups in total. The summed E-state index contributed by atoms with van der Waals surface area (Å²) in [5.74, 6) is -1.29. The first-order chi connectivity index (χ1) is 10.5. The maximum Gasteiger partial charge on any atom is 0.313 e. The molecule has 0 unspecified atom stereocenters. The van der Waals surface area contributed by atoms with E-state index >= 15 is 0 Å². The Balaban J connectivity index is 1.97. The van der Waals surface area contributed by atoms with Crippen molar-refractivity contribution < 1.29 is 9.59 Å². The summed E-state index contributed by atoms with van der Waals surface area (Å²) in [5.41, 5.74) is 4.77. The molecule has 0 saturated carbocycles. The summed E-state index contributed by atoms with van der Waals surface area (Å²) in [7, 11) is 0. The van der Waals surface area contributed by atoms with Crippen molar-refractivity contribution in [2.75, 3.05) is 5.32 Å². The van der Waals surface area contributed by atoms with Crippen LogP contribution in [0.4, 0.5) is 5.69 Å². The number of carbonyl (C=O) groups is 2. The lowest BCUT2D eigenvalue weighted by Gasteiger charge is -2.11. The fourth-order valence-corrected chi connectivity index (χ4v) is 2.13. The van der Waals surface area contributed by atoms with Crippen LogP contribution in [0.5, 0.6) is 0 Å². The van der Waals surface area contributed by atoms with E-state index in [2.05, 4.69) is 10.6 Å². The lowest BCUT2D eigenvalue weighted by Crippen LogP contribution is -2.35. The second kappa shape index (κ2) is 6.89. The van der Waals surface area contributed by atoms with Crippen molar-refractivity contribution in [3.8, 4) is 0 Å². The third-order valence-electron chi connectivity index (χ3n) is 3.76. The highest BCUT2D eigenvalue weighted by Gasteiger charge is 2.14. The van der Waals surface area contributed by atoms with Gasteiger partial charge in [-0.2, -0.15) is 0 Å². The Morgan fingerprint density at radius 2 is 1.55 bits per heavy atom. The average molecular weight is 296 g/mol. The van der Waals surface area contributed by atoms with Gasteiger partial charge in [-0.25, -0.2) is 0 Å². The molecule has 0 saturated heterocycles. The minimum Gasteiger partial charge on any atom is -0.344 e. The van der Waals surface area contributed by atoms with Gasteiger partial charge in [-0.05, 0) is 49.1 Å². The zero-order valence-corrected chi connectivity index (χ0v) is 13.1. The zero-order chi connectivity index (χ0) is 16.1. The zero-order valence-electron chi connectivity index (χ0n) is 13.1. The molecule has 2 aromatic carbocycles. The van der Waals surface area contributed by atoms with Gasteiger partial charge >= 0.3 is 11.8 Å². The number of carbonyl (C=O) groups excluding carboxylic acids is 2. The molecule has 2 aromatic rings. The van der Waals surface area contributed by atoms with Gasteiger partial charge < -0.3 is 10.6 Å². The molecule has 0 aromatic heterocycles. The molecule has 0 aliphatic rings. The highest BCUT2D eigenvalue weighted by Crippen LogP contribution is 2.17. The van der Waals surface area contributed by atoms with E-state index in [4.69, 9.17) is 0 Å². The largest absolute Gasteiger partial charge is 0.344 e. The number of hydrogen-bond donors (Lipinski definition) is 2. The molecule has 4 heteroatoms. The number of amides is 2. The highest BCUT2D eigenvalue weighted by molar-refractivity contribution is 6.39. The smallest absolute Gasteiger partial charge is 0.313 e. The molecular formula is C18H20N2O2. The monoisotopic (exact) mass is 296 g/mol. The van der Waals surface area contributed by atoms with Gasteiger partial charge in [0.1, 0.15) is 0 Å². The van der Waals surface area contributed by atoms with Crippen molar-refractivity contribution >= 4 is 17.5 Å². The fraction of sp³-hybridized carbons (Fsp3) is 0.222. The Hall–Kier alpha value is -2.62. The Bertz CT molecular complexity index is 708. The minimum absolute atomic E-state index is 0.339. The fourth-order valence-electron chi connectivity index (χ4n) is 2.13. The number of benzene rings is 2. The van der Waals surface area contributed by atoms with Crippen LogP contribution in [0, 0.1) is 20.8 Å². The topological polar surface area (TPSA) is 58.2 Å². The first kappa shape index (κ1) is 15.8. The van der Waals surface area contributed by atoms with Crippen LogP contribution in [-0.2, 0) is 16.1 Å². The van der Waals surface area contributed by atoms with Crippen molar-refractivity contribution in [3.63, 3.8) is 0 Å². The van der Waals surface area contributed by atoms with Gasteiger partial charge in [0.2, 0.25) is 0 Å². The van der Waals surface area contributed by atoms with E-state index in [9.17, 15) is 9.59 Å². The summed E-state index contributed by atoms with van der Waals surface area (Å²) in [4.78, 5) is 23.9. The van der Waals surface area contributed by atoms with Crippen LogP contribution in [0.3, 0.4) is 0 Å². The standard InChI is InChI=1S/C18H20N2O2/c1-12-8-6-10-16(14(12)3)20-18(22)17(21)19-11-15-9-5-4-7-13(15)2/h4-10H,11H2,1-3H3,(H,19,21)(H,20,22). The van der Waals surface area contributed by atoms with Crippen LogP contribution >= 0.6 is 0 Å². The van der Waals surface area contributed by atoms with E-state index < -0.39 is 11.8 Å². The maximum atomic E-state index is 12.0. The van der Waals surface area contributed by atoms with Crippen molar-refractivity contribution in [3.05, 3.63) is 64.7 Å². The Morgan fingerprint density at radius 1 is 0.864 bits per heavy atom. The van der Waals surface area contributed by atoms with Gasteiger partial charge in [0.05, 0.1) is 0 Å². The third kappa shape index (κ3) is 3.73. The minimum atomic E-state index is -0.651. The molecule has 2 rings (SSSR count). The molecule has 0 radical (unpaired) electrons. The van der Waals surface area contributed by atoms with E-state index in [1.54, 1.807) is 6.07 Å². The lowest BCUT2D eigenvalue weighted by atomic mass is 10.1.